The fourth-order valence-electron chi connectivity index (χ4n) is 5.87. The Balaban J connectivity index is 1.65. The van der Waals surface area contributed by atoms with Gasteiger partial charge in [0.25, 0.3) is 11.8 Å². The van der Waals surface area contributed by atoms with Gasteiger partial charge in [0.2, 0.25) is 0 Å². The first-order chi connectivity index (χ1) is 21.3. The van der Waals surface area contributed by atoms with Crippen LogP contribution in [-0.2, 0) is 0 Å². The van der Waals surface area contributed by atoms with E-state index >= 15 is 0 Å². The van der Waals surface area contributed by atoms with Gasteiger partial charge < -0.3 is 15.2 Å². The van der Waals surface area contributed by atoms with Crippen molar-refractivity contribution >= 4 is 61.4 Å². The van der Waals surface area contributed by atoms with Crippen LogP contribution in [0, 0.1) is 0 Å². The third kappa shape index (κ3) is 4.05. The van der Waals surface area contributed by atoms with E-state index in [0.717, 1.165) is 11.1 Å². The van der Waals surface area contributed by atoms with Gasteiger partial charge in [0.1, 0.15) is 16.3 Å². The highest BCUT2D eigenvalue weighted by atomic mass is 32.1. The van der Waals surface area contributed by atoms with Crippen molar-refractivity contribution in [1.29, 1.82) is 0 Å². The molecular weight excluding hydrogens is 574 g/mol. The number of hydrogen-bond donors (Lipinski definition) is 1. The number of ether oxygens (including phenoxy) is 2. The highest BCUT2D eigenvalue weighted by molar-refractivity contribution is 7.21. The monoisotopic (exact) mass is 599 g/mol. The molecule has 0 radical (unpaired) electrons. The van der Waals surface area contributed by atoms with Crippen LogP contribution < -0.4 is 20.1 Å². The molecule has 2 aromatic heterocycles. The lowest BCUT2D eigenvalue weighted by molar-refractivity contribution is 0.0925. The van der Waals surface area contributed by atoms with Crippen molar-refractivity contribution in [3.63, 3.8) is 0 Å². The number of Topliss-reactive ketones (excluding diaryl/α,β-unsaturated/α-hetero) is 1. The maximum absolute atomic E-state index is 14.5. The van der Waals surface area contributed by atoms with Gasteiger partial charge in [-0.1, -0.05) is 42.5 Å². The molecule has 0 unspecified atom stereocenters. The van der Waals surface area contributed by atoms with Crippen molar-refractivity contribution in [3.8, 4) is 33.8 Å². The summed E-state index contributed by atoms with van der Waals surface area (Å²) in [5.41, 5.74) is 11.1. The zero-order valence-corrected chi connectivity index (χ0v) is 24.8. The Hall–Kier alpha value is -5.54. The van der Waals surface area contributed by atoms with Crippen molar-refractivity contribution in [2.45, 2.75) is 6.92 Å². The first-order valence-corrected chi connectivity index (χ1v) is 14.6. The predicted octanol–water partition coefficient (Wildman–Crippen LogP) is 7.39. The van der Waals surface area contributed by atoms with E-state index in [1.54, 1.807) is 50.6 Å². The number of carbonyl (C=O) groups is 3. The molecule has 0 spiro atoms. The lowest BCUT2D eigenvalue weighted by Gasteiger charge is -2.15. The highest BCUT2D eigenvalue weighted by Crippen LogP contribution is 2.48. The van der Waals surface area contributed by atoms with Gasteiger partial charge >= 0.3 is 0 Å². The fourth-order valence-corrected chi connectivity index (χ4v) is 6.87. The predicted molar refractivity (Wildman–Crippen MR) is 173 cm³/mol. The summed E-state index contributed by atoms with van der Waals surface area (Å²) >= 11 is 1.21. The van der Waals surface area contributed by atoms with Crippen molar-refractivity contribution in [3.05, 3.63) is 101 Å². The Morgan fingerprint density at radius 3 is 1.95 bits per heavy atom. The molecule has 0 saturated carbocycles. The molecule has 6 aromatic rings. The number of thiophene rings is 1. The third-order valence-corrected chi connectivity index (χ3v) is 9.10. The minimum Gasteiger partial charge on any atom is -0.497 e. The van der Waals surface area contributed by atoms with Crippen LogP contribution in [0.5, 0.6) is 11.5 Å². The number of pyridine rings is 1. The molecule has 0 fully saturated rings. The zero-order chi connectivity index (χ0) is 30.7. The number of anilines is 2. The van der Waals surface area contributed by atoms with Crippen LogP contribution in [0.4, 0.5) is 11.4 Å². The average Bonchev–Trinajstić information content (AvgIpc) is 3.52. The second-order valence-corrected chi connectivity index (χ2v) is 11.4. The summed E-state index contributed by atoms with van der Waals surface area (Å²) in [5.74, 6) is 0.230. The molecule has 8 nitrogen and oxygen atoms in total. The van der Waals surface area contributed by atoms with Crippen molar-refractivity contribution < 1.29 is 23.9 Å². The number of para-hydroxylation sites is 1. The van der Waals surface area contributed by atoms with E-state index in [4.69, 9.17) is 20.2 Å². The van der Waals surface area contributed by atoms with Crippen LogP contribution in [0.3, 0.4) is 0 Å². The number of amides is 2. The number of aromatic nitrogens is 1. The Morgan fingerprint density at radius 2 is 1.36 bits per heavy atom. The highest BCUT2D eigenvalue weighted by Gasteiger charge is 2.42. The molecule has 0 aliphatic carbocycles. The molecule has 2 amide bonds. The molecule has 1 aliphatic heterocycles. The molecule has 0 saturated heterocycles. The Bertz CT molecular complexity index is 2150. The van der Waals surface area contributed by atoms with Crippen LogP contribution in [0.25, 0.3) is 43.4 Å². The Kier molecular flexibility index (Phi) is 6.40. The Morgan fingerprint density at radius 1 is 0.773 bits per heavy atom. The van der Waals surface area contributed by atoms with E-state index in [1.807, 2.05) is 48.5 Å². The van der Waals surface area contributed by atoms with Crippen LogP contribution in [0.2, 0.25) is 0 Å². The number of carbonyl (C=O) groups excluding carboxylic acids is 3. The van der Waals surface area contributed by atoms with Gasteiger partial charge in [-0.05, 0) is 59.2 Å². The number of rotatable bonds is 6. The molecule has 1 aliphatic rings. The number of imide groups is 1. The lowest BCUT2D eigenvalue weighted by Crippen LogP contribution is -2.29. The molecule has 4 aromatic carbocycles. The number of nitrogen functional groups attached to an aromatic ring is 1. The molecule has 3 heterocycles. The topological polar surface area (TPSA) is 112 Å². The number of benzene rings is 4. The van der Waals surface area contributed by atoms with Gasteiger partial charge in [0.05, 0.1) is 47.1 Å². The first kappa shape index (κ1) is 27.3. The van der Waals surface area contributed by atoms with Gasteiger partial charge in [-0.3, -0.25) is 14.4 Å². The van der Waals surface area contributed by atoms with Gasteiger partial charge in [0, 0.05) is 23.3 Å². The number of nitrogens with zero attached hydrogens (tertiary/aromatic N) is 2. The van der Waals surface area contributed by atoms with Gasteiger partial charge in [-0.25, -0.2) is 9.88 Å². The van der Waals surface area contributed by atoms with Crippen LogP contribution in [-0.4, -0.2) is 36.8 Å². The van der Waals surface area contributed by atoms with Crippen molar-refractivity contribution in [2.75, 3.05) is 24.9 Å². The van der Waals surface area contributed by atoms with E-state index < -0.39 is 11.8 Å². The van der Waals surface area contributed by atoms with Crippen molar-refractivity contribution in [2.24, 2.45) is 0 Å². The van der Waals surface area contributed by atoms with E-state index in [-0.39, 0.29) is 16.9 Å². The standard InChI is InChI=1S/C35H25N3O5S/c1-18(39)32-31(36)30-26(20-11-15-23(43-3)16-12-20)28-25(37-33(30)44-32)17-24(19-9-13-22(42-2)14-10-19)27-29(28)35(41)38(34(27)40)21-7-5-4-6-8-21/h4-17H,36H2,1-3H3. The largest absolute Gasteiger partial charge is 0.497 e. The van der Waals surface area contributed by atoms with E-state index in [9.17, 15) is 14.4 Å². The fraction of sp³-hybridized carbons (Fsp3) is 0.0857. The second kappa shape index (κ2) is 10.3. The summed E-state index contributed by atoms with van der Waals surface area (Å²) < 4.78 is 10.7. The smallest absolute Gasteiger partial charge is 0.266 e. The zero-order valence-electron chi connectivity index (χ0n) is 24.0. The first-order valence-electron chi connectivity index (χ1n) is 13.8. The van der Waals surface area contributed by atoms with E-state index in [0.29, 0.717) is 60.0 Å². The maximum atomic E-state index is 14.5. The number of fused-ring (bicyclic) bond motifs is 4. The summed E-state index contributed by atoms with van der Waals surface area (Å²) in [4.78, 5) is 48.5. The summed E-state index contributed by atoms with van der Waals surface area (Å²) in [6, 6.07) is 25.4. The van der Waals surface area contributed by atoms with Crippen molar-refractivity contribution in [1.82, 2.24) is 4.98 Å². The Labute approximate surface area is 256 Å². The van der Waals surface area contributed by atoms with E-state index in [1.165, 1.54) is 23.2 Å². The minimum atomic E-state index is -0.465. The SMILES string of the molecule is COc1ccc(-c2cc3nc4sc(C(C)=O)c(N)c4c(-c4ccc(OC)cc4)c3c3c2C(=O)N(c2ccccc2)C3=O)cc1. The van der Waals surface area contributed by atoms with Crippen LogP contribution in [0.1, 0.15) is 37.3 Å². The maximum Gasteiger partial charge on any atom is 0.266 e. The molecule has 216 valence electrons. The third-order valence-electron chi connectivity index (χ3n) is 7.90. The molecule has 9 heteroatoms. The van der Waals surface area contributed by atoms with Crippen LogP contribution >= 0.6 is 11.3 Å². The molecule has 7 rings (SSSR count). The lowest BCUT2D eigenvalue weighted by atomic mass is 9.88. The number of nitrogens with two attached hydrogens (primary N) is 1. The average molecular weight is 600 g/mol. The van der Waals surface area contributed by atoms with Gasteiger partial charge in [-0.15, -0.1) is 11.3 Å². The number of ketones is 1. The molecule has 44 heavy (non-hydrogen) atoms. The summed E-state index contributed by atoms with van der Waals surface area (Å²) in [7, 11) is 3.17. The molecule has 2 N–H and O–H groups in total. The number of hydrogen-bond acceptors (Lipinski definition) is 8. The van der Waals surface area contributed by atoms with Gasteiger partial charge in [0.15, 0.2) is 5.78 Å². The van der Waals surface area contributed by atoms with Gasteiger partial charge in [-0.2, -0.15) is 0 Å². The van der Waals surface area contributed by atoms with E-state index in [2.05, 4.69) is 0 Å². The molecular formula is C35H25N3O5S. The number of methoxy groups -OCH3 is 2. The second-order valence-electron chi connectivity index (χ2n) is 10.4. The minimum absolute atomic E-state index is 0.180. The summed E-state index contributed by atoms with van der Waals surface area (Å²) in [6.07, 6.45) is 0. The normalized spacial score (nSPS) is 12.7. The quantitative estimate of drug-likeness (QED) is 0.157. The molecule has 0 atom stereocenters. The summed E-state index contributed by atoms with van der Waals surface area (Å²) in [5, 5.41) is 1.06. The summed E-state index contributed by atoms with van der Waals surface area (Å²) in [6.45, 7) is 1.47. The van der Waals surface area contributed by atoms with Crippen LogP contribution in [0.15, 0.2) is 84.9 Å². The molecule has 0 bridgehead atoms.